The molecular weight excluding hydrogens is 262 g/mol. The number of aromatic amines is 1. The molecule has 0 aliphatic carbocycles. The second-order valence-electron chi connectivity index (χ2n) is 6.94. The van der Waals surface area contributed by atoms with E-state index in [1.807, 2.05) is 20.0 Å². The van der Waals surface area contributed by atoms with Crippen molar-refractivity contribution in [3.8, 4) is 0 Å². The predicted octanol–water partition coefficient (Wildman–Crippen LogP) is 2.63. The van der Waals surface area contributed by atoms with Gasteiger partial charge in [0.05, 0.1) is 0 Å². The van der Waals surface area contributed by atoms with Crippen LogP contribution >= 0.6 is 0 Å². The number of rotatable bonds is 3. The smallest absolute Gasteiger partial charge is 0.225 e. The van der Waals surface area contributed by atoms with Crippen LogP contribution < -0.4 is 0 Å². The molecule has 2 aliphatic heterocycles. The molecule has 1 N–H and O–H groups in total. The Labute approximate surface area is 127 Å². The third kappa shape index (κ3) is 2.86. The van der Waals surface area contributed by atoms with Crippen LogP contribution in [0.25, 0.3) is 0 Å². The minimum absolute atomic E-state index is 0.122. The molecule has 2 saturated heterocycles. The zero-order valence-corrected chi connectivity index (χ0v) is 13.3. The van der Waals surface area contributed by atoms with Gasteiger partial charge in [-0.05, 0) is 37.8 Å². The summed E-state index contributed by atoms with van der Waals surface area (Å²) in [5, 5.41) is 0. The van der Waals surface area contributed by atoms with E-state index in [1.54, 1.807) is 0 Å². The highest BCUT2D eigenvalue weighted by Crippen LogP contribution is 2.39. The summed E-state index contributed by atoms with van der Waals surface area (Å²) in [5.74, 6) is 0.474. The molecule has 0 saturated carbocycles. The molecule has 3 rings (SSSR count). The van der Waals surface area contributed by atoms with E-state index in [0.717, 1.165) is 39.0 Å². The molecule has 0 atom stereocenters. The minimum atomic E-state index is 0.122. The molecule has 1 aromatic heterocycles. The van der Waals surface area contributed by atoms with Gasteiger partial charge in [0.2, 0.25) is 5.91 Å². The predicted molar refractivity (Wildman–Crippen MR) is 83.8 cm³/mol. The molecule has 21 heavy (non-hydrogen) atoms. The van der Waals surface area contributed by atoms with Gasteiger partial charge < -0.3 is 9.88 Å². The monoisotopic (exact) mass is 289 g/mol. The summed E-state index contributed by atoms with van der Waals surface area (Å²) in [7, 11) is 0. The molecule has 4 heteroatoms. The van der Waals surface area contributed by atoms with Crippen LogP contribution in [0, 0.1) is 5.92 Å². The SMILES string of the molecule is CC(C)C(=O)N1CCCC12CCN(Cc1ccc[nH]1)CC2. The van der Waals surface area contributed by atoms with E-state index in [1.165, 1.54) is 18.5 Å². The van der Waals surface area contributed by atoms with Gasteiger partial charge >= 0.3 is 0 Å². The summed E-state index contributed by atoms with van der Waals surface area (Å²) in [6, 6.07) is 4.20. The molecule has 4 nitrogen and oxygen atoms in total. The van der Waals surface area contributed by atoms with Crippen LogP contribution in [0.5, 0.6) is 0 Å². The number of hydrogen-bond donors (Lipinski definition) is 1. The number of amides is 1. The lowest BCUT2D eigenvalue weighted by molar-refractivity contribution is -0.140. The fraction of sp³-hybridized carbons (Fsp3) is 0.706. The van der Waals surface area contributed by atoms with Crippen LogP contribution in [0.4, 0.5) is 0 Å². The Balaban J connectivity index is 1.62. The normalized spacial score (nSPS) is 22.3. The first-order valence-electron chi connectivity index (χ1n) is 8.27. The maximum absolute atomic E-state index is 12.5. The van der Waals surface area contributed by atoms with Gasteiger partial charge in [0.15, 0.2) is 0 Å². The van der Waals surface area contributed by atoms with Crippen LogP contribution in [0.3, 0.4) is 0 Å². The molecule has 0 radical (unpaired) electrons. The summed E-state index contributed by atoms with van der Waals surface area (Å²) >= 11 is 0. The Bertz CT molecular complexity index is 472. The first-order valence-corrected chi connectivity index (χ1v) is 8.27. The Morgan fingerprint density at radius 3 is 2.67 bits per heavy atom. The van der Waals surface area contributed by atoms with Crippen molar-refractivity contribution in [2.45, 2.75) is 51.6 Å². The maximum atomic E-state index is 12.5. The molecule has 2 fully saturated rings. The van der Waals surface area contributed by atoms with E-state index >= 15 is 0 Å². The fourth-order valence-electron chi connectivity index (χ4n) is 3.95. The van der Waals surface area contributed by atoms with E-state index in [9.17, 15) is 4.79 Å². The summed E-state index contributed by atoms with van der Waals surface area (Å²) < 4.78 is 0. The number of nitrogens with zero attached hydrogens (tertiary/aromatic N) is 2. The number of nitrogens with one attached hydrogen (secondary N) is 1. The first kappa shape index (κ1) is 14.6. The van der Waals surface area contributed by atoms with E-state index < -0.39 is 0 Å². The summed E-state index contributed by atoms with van der Waals surface area (Å²) in [4.78, 5) is 20.5. The van der Waals surface area contributed by atoms with Gasteiger partial charge in [0.25, 0.3) is 0 Å². The lowest BCUT2D eigenvalue weighted by atomic mass is 9.84. The number of H-pyrrole nitrogens is 1. The molecule has 1 spiro atoms. The van der Waals surface area contributed by atoms with Crippen LogP contribution in [-0.4, -0.2) is 45.9 Å². The van der Waals surface area contributed by atoms with Gasteiger partial charge in [-0.15, -0.1) is 0 Å². The summed E-state index contributed by atoms with van der Waals surface area (Å²) in [5.41, 5.74) is 1.45. The highest BCUT2D eigenvalue weighted by Gasteiger charge is 2.45. The molecule has 2 aliphatic rings. The van der Waals surface area contributed by atoms with Crippen LogP contribution in [0.2, 0.25) is 0 Å². The molecule has 1 aromatic rings. The van der Waals surface area contributed by atoms with Crippen LogP contribution in [-0.2, 0) is 11.3 Å². The molecule has 0 aromatic carbocycles. The molecule has 3 heterocycles. The second-order valence-corrected chi connectivity index (χ2v) is 6.94. The number of aromatic nitrogens is 1. The number of hydrogen-bond acceptors (Lipinski definition) is 2. The number of likely N-dealkylation sites (tertiary alicyclic amines) is 2. The molecule has 0 unspecified atom stereocenters. The standard InChI is InChI=1S/C17H27N3O/c1-14(2)16(21)20-10-4-6-17(20)7-11-19(12-8-17)13-15-5-3-9-18-15/h3,5,9,14,18H,4,6-8,10-13H2,1-2H3. The van der Waals surface area contributed by atoms with Crippen molar-refractivity contribution in [2.24, 2.45) is 5.92 Å². The summed E-state index contributed by atoms with van der Waals surface area (Å²) in [6.45, 7) is 8.21. The maximum Gasteiger partial charge on any atom is 0.225 e. The van der Waals surface area contributed by atoms with E-state index in [-0.39, 0.29) is 11.5 Å². The van der Waals surface area contributed by atoms with Crippen molar-refractivity contribution >= 4 is 5.91 Å². The minimum Gasteiger partial charge on any atom is -0.364 e. The topological polar surface area (TPSA) is 39.3 Å². The van der Waals surface area contributed by atoms with Crippen LogP contribution in [0.15, 0.2) is 18.3 Å². The lowest BCUT2D eigenvalue weighted by Gasteiger charge is -2.45. The number of piperidine rings is 1. The highest BCUT2D eigenvalue weighted by atomic mass is 16.2. The molecule has 0 bridgehead atoms. The van der Waals surface area contributed by atoms with E-state index in [4.69, 9.17) is 0 Å². The average Bonchev–Trinajstić information content (AvgIpc) is 3.11. The molecular formula is C17H27N3O. The molecule has 1 amide bonds. The zero-order chi connectivity index (χ0) is 14.9. The Hall–Kier alpha value is -1.29. The number of carbonyl (C=O) groups excluding carboxylic acids is 1. The second kappa shape index (κ2) is 5.84. The van der Waals surface area contributed by atoms with E-state index in [2.05, 4.69) is 26.9 Å². The van der Waals surface area contributed by atoms with Gasteiger partial charge in [0, 0.05) is 49.5 Å². The third-order valence-corrected chi connectivity index (χ3v) is 5.20. The Morgan fingerprint density at radius 1 is 1.29 bits per heavy atom. The molecule has 116 valence electrons. The van der Waals surface area contributed by atoms with Gasteiger partial charge in [-0.2, -0.15) is 0 Å². The Kier molecular flexibility index (Phi) is 4.07. The quantitative estimate of drug-likeness (QED) is 0.929. The van der Waals surface area contributed by atoms with Crippen molar-refractivity contribution in [3.05, 3.63) is 24.0 Å². The van der Waals surface area contributed by atoms with Crippen molar-refractivity contribution in [2.75, 3.05) is 19.6 Å². The average molecular weight is 289 g/mol. The van der Waals surface area contributed by atoms with Gasteiger partial charge in [-0.25, -0.2) is 0 Å². The van der Waals surface area contributed by atoms with Gasteiger partial charge in [0.1, 0.15) is 0 Å². The van der Waals surface area contributed by atoms with E-state index in [0.29, 0.717) is 5.91 Å². The highest BCUT2D eigenvalue weighted by molar-refractivity contribution is 5.79. The van der Waals surface area contributed by atoms with Crippen molar-refractivity contribution in [1.29, 1.82) is 0 Å². The third-order valence-electron chi connectivity index (χ3n) is 5.20. The number of carbonyl (C=O) groups is 1. The summed E-state index contributed by atoms with van der Waals surface area (Å²) in [6.07, 6.45) is 6.62. The zero-order valence-electron chi connectivity index (χ0n) is 13.3. The lowest BCUT2D eigenvalue weighted by Crippen LogP contribution is -2.54. The first-order chi connectivity index (χ1) is 10.1. The Morgan fingerprint density at radius 2 is 2.05 bits per heavy atom. The van der Waals surface area contributed by atoms with Crippen molar-refractivity contribution < 1.29 is 4.79 Å². The van der Waals surface area contributed by atoms with Crippen LogP contribution in [0.1, 0.15) is 45.2 Å². The van der Waals surface area contributed by atoms with Gasteiger partial charge in [-0.3, -0.25) is 9.69 Å². The van der Waals surface area contributed by atoms with Crippen molar-refractivity contribution in [1.82, 2.24) is 14.8 Å². The largest absolute Gasteiger partial charge is 0.364 e. The fourth-order valence-corrected chi connectivity index (χ4v) is 3.95. The van der Waals surface area contributed by atoms with Gasteiger partial charge in [-0.1, -0.05) is 13.8 Å². The van der Waals surface area contributed by atoms with Crippen molar-refractivity contribution in [3.63, 3.8) is 0 Å².